The molecule has 0 bridgehead atoms. The van der Waals surface area contributed by atoms with Crippen LogP contribution in [-0.4, -0.2) is 36.0 Å². The quantitative estimate of drug-likeness (QED) is 0.708. The third kappa shape index (κ3) is 5.84. The lowest BCUT2D eigenvalue weighted by Gasteiger charge is -2.34. The fourth-order valence-electron chi connectivity index (χ4n) is 3.59. The van der Waals surface area contributed by atoms with Crippen LogP contribution in [0.4, 0.5) is 10.5 Å². The van der Waals surface area contributed by atoms with Gasteiger partial charge in [-0.15, -0.1) is 0 Å². The van der Waals surface area contributed by atoms with E-state index in [1.165, 1.54) is 5.56 Å². The van der Waals surface area contributed by atoms with Crippen molar-refractivity contribution >= 4 is 17.6 Å². The summed E-state index contributed by atoms with van der Waals surface area (Å²) in [4.78, 5) is 27.0. The topological polar surface area (TPSA) is 61.4 Å². The van der Waals surface area contributed by atoms with Crippen molar-refractivity contribution in [2.75, 3.05) is 18.4 Å². The molecule has 1 atom stereocenters. The van der Waals surface area contributed by atoms with Gasteiger partial charge in [-0.2, -0.15) is 0 Å². The maximum Gasteiger partial charge on any atom is 0.322 e. The standard InChI is InChI=1S/C23H29N3O2/c27-22(24-17-9-7-13-19-11-3-1-4-12-19)21-16-8-10-18-26(21)23(28)25-20-14-5-2-6-15-20/h1-6,11-12,14-15,21H,7-10,13,16-18H2,(H,24,27)(H,25,28)/t21-/m0/s1. The van der Waals surface area contributed by atoms with Crippen molar-refractivity contribution < 1.29 is 9.59 Å². The van der Waals surface area contributed by atoms with Crippen molar-refractivity contribution in [1.29, 1.82) is 0 Å². The van der Waals surface area contributed by atoms with Gasteiger partial charge in [-0.25, -0.2) is 4.79 Å². The molecule has 5 nitrogen and oxygen atoms in total. The van der Waals surface area contributed by atoms with E-state index in [-0.39, 0.29) is 18.0 Å². The second kappa shape index (κ2) is 10.5. The lowest BCUT2D eigenvalue weighted by Crippen LogP contribution is -2.53. The number of nitrogens with zero attached hydrogens (tertiary/aromatic N) is 1. The maximum absolute atomic E-state index is 12.7. The summed E-state index contributed by atoms with van der Waals surface area (Å²) < 4.78 is 0. The number of benzene rings is 2. The van der Waals surface area contributed by atoms with E-state index in [1.807, 2.05) is 36.4 Å². The second-order valence-corrected chi connectivity index (χ2v) is 7.23. The molecular weight excluding hydrogens is 350 g/mol. The summed E-state index contributed by atoms with van der Waals surface area (Å²) in [6.45, 7) is 1.26. The van der Waals surface area contributed by atoms with Crippen LogP contribution in [-0.2, 0) is 11.2 Å². The van der Waals surface area contributed by atoms with Crippen LogP contribution in [0.1, 0.15) is 37.7 Å². The van der Waals surface area contributed by atoms with Gasteiger partial charge in [-0.1, -0.05) is 48.5 Å². The van der Waals surface area contributed by atoms with Gasteiger partial charge in [0.25, 0.3) is 0 Å². The summed E-state index contributed by atoms with van der Waals surface area (Å²) in [7, 11) is 0. The van der Waals surface area contributed by atoms with E-state index >= 15 is 0 Å². The van der Waals surface area contributed by atoms with Gasteiger partial charge in [0.1, 0.15) is 6.04 Å². The molecule has 148 valence electrons. The minimum atomic E-state index is -0.383. The van der Waals surface area contributed by atoms with E-state index in [0.717, 1.165) is 44.2 Å². The fraction of sp³-hybridized carbons (Fsp3) is 0.391. The summed E-state index contributed by atoms with van der Waals surface area (Å²) in [5.74, 6) is -0.0392. The maximum atomic E-state index is 12.7. The molecule has 0 aromatic heterocycles. The molecule has 1 saturated heterocycles. The van der Waals surface area contributed by atoms with Crippen LogP contribution in [0.5, 0.6) is 0 Å². The first-order valence-electron chi connectivity index (χ1n) is 10.2. The number of unbranched alkanes of at least 4 members (excludes halogenated alkanes) is 1. The Morgan fingerprint density at radius 1 is 0.929 bits per heavy atom. The van der Waals surface area contributed by atoms with Gasteiger partial charge in [0, 0.05) is 18.8 Å². The number of anilines is 1. The highest BCUT2D eigenvalue weighted by molar-refractivity contribution is 5.93. The highest BCUT2D eigenvalue weighted by Gasteiger charge is 2.31. The Morgan fingerprint density at radius 3 is 2.39 bits per heavy atom. The van der Waals surface area contributed by atoms with Crippen LogP contribution in [0, 0.1) is 0 Å². The molecule has 0 unspecified atom stereocenters. The molecule has 28 heavy (non-hydrogen) atoms. The third-order valence-corrected chi connectivity index (χ3v) is 5.13. The first kappa shape index (κ1) is 19.9. The summed E-state index contributed by atoms with van der Waals surface area (Å²) in [6.07, 6.45) is 5.62. The Balaban J connectivity index is 1.44. The number of likely N-dealkylation sites (tertiary alicyclic amines) is 1. The zero-order chi connectivity index (χ0) is 19.6. The molecule has 1 fully saturated rings. The molecule has 1 heterocycles. The molecule has 0 radical (unpaired) electrons. The van der Waals surface area contributed by atoms with Crippen LogP contribution in [0.15, 0.2) is 60.7 Å². The van der Waals surface area contributed by atoms with Crippen molar-refractivity contribution in [3.63, 3.8) is 0 Å². The number of hydrogen-bond donors (Lipinski definition) is 2. The smallest absolute Gasteiger partial charge is 0.322 e. The molecule has 0 spiro atoms. The minimum Gasteiger partial charge on any atom is -0.354 e. The number of para-hydroxylation sites is 1. The highest BCUT2D eigenvalue weighted by atomic mass is 16.2. The molecule has 3 amide bonds. The van der Waals surface area contributed by atoms with Crippen LogP contribution in [0.2, 0.25) is 0 Å². The Bertz CT molecular complexity index is 749. The van der Waals surface area contributed by atoms with Crippen molar-refractivity contribution in [3.8, 4) is 0 Å². The van der Waals surface area contributed by atoms with Gasteiger partial charge < -0.3 is 15.5 Å². The first-order valence-corrected chi connectivity index (χ1v) is 10.2. The van der Waals surface area contributed by atoms with Crippen LogP contribution < -0.4 is 10.6 Å². The lowest BCUT2D eigenvalue weighted by molar-refractivity contribution is -0.126. The number of urea groups is 1. The predicted octanol–water partition coefficient (Wildman–Crippen LogP) is 4.21. The van der Waals surface area contributed by atoms with E-state index in [0.29, 0.717) is 13.1 Å². The van der Waals surface area contributed by atoms with Crippen molar-refractivity contribution in [2.45, 2.75) is 44.6 Å². The highest BCUT2D eigenvalue weighted by Crippen LogP contribution is 2.19. The Kier molecular flexibility index (Phi) is 7.47. The van der Waals surface area contributed by atoms with Gasteiger partial charge in [-0.05, 0) is 56.2 Å². The van der Waals surface area contributed by atoms with Crippen LogP contribution in [0.25, 0.3) is 0 Å². The number of hydrogen-bond acceptors (Lipinski definition) is 2. The van der Waals surface area contributed by atoms with Gasteiger partial charge >= 0.3 is 6.03 Å². The molecule has 1 aliphatic heterocycles. The SMILES string of the molecule is O=C(NCCCCc1ccccc1)[C@@H]1CCCCN1C(=O)Nc1ccccc1. The van der Waals surface area contributed by atoms with E-state index in [2.05, 4.69) is 34.9 Å². The van der Waals surface area contributed by atoms with Crippen molar-refractivity contribution in [3.05, 3.63) is 66.2 Å². The molecular formula is C23H29N3O2. The number of piperidine rings is 1. The van der Waals surface area contributed by atoms with Crippen molar-refractivity contribution in [1.82, 2.24) is 10.2 Å². The molecule has 2 aromatic rings. The van der Waals surface area contributed by atoms with Gasteiger partial charge in [0.2, 0.25) is 5.91 Å². The van der Waals surface area contributed by atoms with Crippen LogP contribution in [0.3, 0.4) is 0 Å². The Labute approximate surface area is 167 Å². The molecule has 0 saturated carbocycles. The predicted molar refractivity (Wildman–Crippen MR) is 112 cm³/mol. The Morgan fingerprint density at radius 2 is 1.64 bits per heavy atom. The summed E-state index contributed by atoms with van der Waals surface area (Å²) in [5, 5.41) is 5.92. The fourth-order valence-corrected chi connectivity index (χ4v) is 3.59. The number of rotatable bonds is 7. The van der Waals surface area contributed by atoms with Gasteiger partial charge in [0.05, 0.1) is 0 Å². The molecule has 3 rings (SSSR count). The number of amides is 3. The van der Waals surface area contributed by atoms with Crippen LogP contribution >= 0.6 is 0 Å². The molecule has 1 aliphatic rings. The summed E-state index contributed by atoms with van der Waals surface area (Å²) in [6, 6.07) is 19.2. The molecule has 2 aromatic carbocycles. The zero-order valence-corrected chi connectivity index (χ0v) is 16.3. The normalized spacial score (nSPS) is 16.4. The molecule has 2 N–H and O–H groups in total. The Hall–Kier alpha value is -2.82. The number of nitrogens with one attached hydrogen (secondary N) is 2. The minimum absolute atomic E-state index is 0.0392. The summed E-state index contributed by atoms with van der Waals surface area (Å²) in [5.41, 5.74) is 2.07. The number of aryl methyl sites for hydroxylation is 1. The molecule has 0 aliphatic carbocycles. The lowest BCUT2D eigenvalue weighted by atomic mass is 10.0. The average molecular weight is 380 g/mol. The van der Waals surface area contributed by atoms with E-state index in [1.54, 1.807) is 4.90 Å². The van der Waals surface area contributed by atoms with E-state index < -0.39 is 0 Å². The summed E-state index contributed by atoms with van der Waals surface area (Å²) >= 11 is 0. The average Bonchev–Trinajstić information content (AvgIpc) is 2.75. The largest absolute Gasteiger partial charge is 0.354 e. The van der Waals surface area contributed by atoms with Crippen molar-refractivity contribution in [2.24, 2.45) is 0 Å². The van der Waals surface area contributed by atoms with Gasteiger partial charge in [0.15, 0.2) is 0 Å². The second-order valence-electron chi connectivity index (χ2n) is 7.23. The third-order valence-electron chi connectivity index (χ3n) is 5.13. The van der Waals surface area contributed by atoms with Gasteiger partial charge in [-0.3, -0.25) is 4.79 Å². The van der Waals surface area contributed by atoms with E-state index in [9.17, 15) is 9.59 Å². The molecule has 5 heteroatoms. The number of carbonyl (C=O) groups excluding carboxylic acids is 2. The number of carbonyl (C=O) groups is 2. The first-order chi connectivity index (χ1) is 13.7. The zero-order valence-electron chi connectivity index (χ0n) is 16.3. The monoisotopic (exact) mass is 379 g/mol. The van der Waals surface area contributed by atoms with E-state index in [4.69, 9.17) is 0 Å².